The third-order valence-corrected chi connectivity index (χ3v) is 4.58. The fourth-order valence-corrected chi connectivity index (χ4v) is 3.08. The lowest BCUT2D eigenvalue weighted by atomic mass is 10.2. The van der Waals surface area contributed by atoms with Gasteiger partial charge in [-0.1, -0.05) is 36.0 Å². The number of non-ortho nitro benzene ring substituents is 1. The van der Waals surface area contributed by atoms with Crippen molar-refractivity contribution < 1.29 is 9.34 Å². The summed E-state index contributed by atoms with van der Waals surface area (Å²) >= 11 is 4.78. The second-order valence-electron chi connectivity index (χ2n) is 4.57. The molecule has 0 saturated heterocycles. The molecule has 0 unspecified atom stereocenters. The molecule has 3 rings (SSSR count). The maximum atomic E-state index is 10.8. The van der Waals surface area contributed by atoms with E-state index in [-0.39, 0.29) is 5.69 Å². The van der Waals surface area contributed by atoms with E-state index in [4.69, 9.17) is 4.42 Å². The van der Waals surface area contributed by atoms with E-state index in [0.717, 1.165) is 15.6 Å². The Morgan fingerprint density at radius 3 is 2.78 bits per heavy atom. The highest BCUT2D eigenvalue weighted by Gasteiger charge is 2.12. The van der Waals surface area contributed by atoms with E-state index in [2.05, 4.69) is 26.1 Å². The molecule has 0 bridgehead atoms. The highest BCUT2D eigenvalue weighted by molar-refractivity contribution is 9.10. The number of nitro groups is 1. The van der Waals surface area contributed by atoms with E-state index in [1.54, 1.807) is 6.07 Å². The Kier molecular flexibility index (Phi) is 4.73. The molecule has 0 amide bonds. The Morgan fingerprint density at radius 1 is 1.17 bits per heavy atom. The molecule has 8 heteroatoms. The summed E-state index contributed by atoms with van der Waals surface area (Å²) in [5.74, 6) is 0.943. The first-order valence-corrected chi connectivity index (χ1v) is 8.36. The largest absolute Gasteiger partial charge is 0.411 e. The summed E-state index contributed by atoms with van der Waals surface area (Å²) in [6, 6.07) is 14.1. The van der Waals surface area contributed by atoms with Crippen molar-refractivity contribution >= 4 is 33.4 Å². The minimum atomic E-state index is -0.411. The van der Waals surface area contributed by atoms with E-state index in [1.165, 1.54) is 23.9 Å². The number of hydrogen-bond acceptors (Lipinski definition) is 6. The zero-order valence-electron chi connectivity index (χ0n) is 11.7. The Balaban J connectivity index is 1.72. The van der Waals surface area contributed by atoms with Gasteiger partial charge in [0, 0.05) is 22.4 Å². The van der Waals surface area contributed by atoms with Crippen LogP contribution in [0.3, 0.4) is 0 Å². The van der Waals surface area contributed by atoms with Gasteiger partial charge in [0.15, 0.2) is 0 Å². The second kappa shape index (κ2) is 6.93. The minimum absolute atomic E-state index is 0.0718. The van der Waals surface area contributed by atoms with Crippen LogP contribution in [0.4, 0.5) is 5.69 Å². The molecule has 0 spiro atoms. The standard InChI is InChI=1S/C15H10BrN3O3S/c16-13-7-2-1-6-12(13)14-17-18-15(22-14)23-9-10-4-3-5-11(8-10)19(20)21/h1-8H,9H2. The fraction of sp³-hybridized carbons (Fsp3) is 0.0667. The van der Waals surface area contributed by atoms with Crippen molar-refractivity contribution in [3.05, 3.63) is 68.7 Å². The smallest absolute Gasteiger partial charge is 0.277 e. The summed E-state index contributed by atoms with van der Waals surface area (Å²) in [4.78, 5) is 10.4. The molecule has 0 radical (unpaired) electrons. The lowest BCUT2D eigenvalue weighted by Crippen LogP contribution is -1.89. The molecule has 1 aromatic heterocycles. The number of rotatable bonds is 5. The predicted molar refractivity (Wildman–Crippen MR) is 90.1 cm³/mol. The number of thioether (sulfide) groups is 1. The molecular weight excluding hydrogens is 382 g/mol. The highest BCUT2D eigenvalue weighted by atomic mass is 79.9. The van der Waals surface area contributed by atoms with Crippen LogP contribution in [-0.2, 0) is 5.75 Å². The van der Waals surface area contributed by atoms with Gasteiger partial charge in [0.05, 0.1) is 10.5 Å². The van der Waals surface area contributed by atoms with E-state index in [1.807, 2.05) is 30.3 Å². The number of halogens is 1. The summed E-state index contributed by atoms with van der Waals surface area (Å²) in [7, 11) is 0. The van der Waals surface area contributed by atoms with Crippen molar-refractivity contribution in [1.82, 2.24) is 10.2 Å². The Morgan fingerprint density at radius 2 is 2.00 bits per heavy atom. The van der Waals surface area contributed by atoms with E-state index < -0.39 is 4.92 Å². The molecule has 6 nitrogen and oxygen atoms in total. The van der Waals surface area contributed by atoms with Gasteiger partial charge in [-0.2, -0.15) is 0 Å². The van der Waals surface area contributed by atoms with Crippen LogP contribution in [0.15, 0.2) is 62.6 Å². The van der Waals surface area contributed by atoms with Crippen LogP contribution >= 0.6 is 27.7 Å². The van der Waals surface area contributed by atoms with E-state index in [0.29, 0.717) is 16.9 Å². The molecule has 0 atom stereocenters. The summed E-state index contributed by atoms with van der Waals surface area (Å²) in [6.45, 7) is 0. The second-order valence-corrected chi connectivity index (χ2v) is 6.35. The molecule has 0 aliphatic heterocycles. The van der Waals surface area contributed by atoms with Gasteiger partial charge in [0.25, 0.3) is 10.9 Å². The van der Waals surface area contributed by atoms with Gasteiger partial charge in [-0.15, -0.1) is 10.2 Å². The number of benzene rings is 2. The van der Waals surface area contributed by atoms with Gasteiger partial charge in [0.1, 0.15) is 0 Å². The molecule has 0 aliphatic carbocycles. The van der Waals surface area contributed by atoms with Crippen molar-refractivity contribution in [2.45, 2.75) is 11.0 Å². The van der Waals surface area contributed by atoms with Crippen LogP contribution in [0.25, 0.3) is 11.5 Å². The van der Waals surface area contributed by atoms with E-state index in [9.17, 15) is 10.1 Å². The minimum Gasteiger partial charge on any atom is -0.411 e. The maximum Gasteiger partial charge on any atom is 0.277 e. The third kappa shape index (κ3) is 3.77. The maximum absolute atomic E-state index is 10.8. The number of aromatic nitrogens is 2. The first-order valence-electron chi connectivity index (χ1n) is 6.58. The summed E-state index contributed by atoms with van der Waals surface area (Å²) in [6.07, 6.45) is 0. The van der Waals surface area contributed by atoms with Gasteiger partial charge in [0.2, 0.25) is 5.89 Å². The van der Waals surface area contributed by atoms with Crippen molar-refractivity contribution in [2.75, 3.05) is 0 Å². The van der Waals surface area contributed by atoms with E-state index >= 15 is 0 Å². The molecular formula is C15H10BrN3O3S. The Hall–Kier alpha value is -2.19. The molecule has 2 aromatic carbocycles. The number of nitro benzene ring substituents is 1. The average molecular weight is 392 g/mol. The van der Waals surface area contributed by atoms with Crippen LogP contribution in [0.5, 0.6) is 0 Å². The SMILES string of the molecule is O=[N+]([O-])c1cccc(CSc2nnc(-c3ccccc3Br)o2)c1. The van der Waals surface area contributed by atoms with Crippen molar-refractivity contribution in [1.29, 1.82) is 0 Å². The first-order chi connectivity index (χ1) is 11.1. The Labute approximate surface area is 144 Å². The van der Waals surface area contributed by atoms with Gasteiger partial charge in [-0.3, -0.25) is 10.1 Å². The van der Waals surface area contributed by atoms with Crippen LogP contribution in [0, 0.1) is 10.1 Å². The average Bonchev–Trinajstić information content (AvgIpc) is 3.02. The third-order valence-electron chi connectivity index (χ3n) is 2.99. The van der Waals surface area contributed by atoms with Gasteiger partial charge < -0.3 is 4.42 Å². The molecule has 116 valence electrons. The summed E-state index contributed by atoms with van der Waals surface area (Å²) in [5, 5.41) is 19.2. The van der Waals surface area contributed by atoms with Gasteiger partial charge >= 0.3 is 0 Å². The topological polar surface area (TPSA) is 82.1 Å². The molecule has 0 N–H and O–H groups in total. The van der Waals surface area contributed by atoms with Gasteiger partial charge in [-0.25, -0.2) is 0 Å². The first kappa shape index (κ1) is 15.7. The molecule has 23 heavy (non-hydrogen) atoms. The van der Waals surface area contributed by atoms with Crippen molar-refractivity contribution in [2.24, 2.45) is 0 Å². The fourth-order valence-electron chi connectivity index (χ4n) is 1.92. The molecule has 0 aliphatic rings. The Bertz CT molecular complexity index is 853. The number of nitrogens with zero attached hydrogens (tertiary/aromatic N) is 3. The molecule has 1 heterocycles. The van der Waals surface area contributed by atoms with Crippen LogP contribution < -0.4 is 0 Å². The van der Waals surface area contributed by atoms with Crippen molar-refractivity contribution in [3.63, 3.8) is 0 Å². The molecule has 0 saturated carbocycles. The highest BCUT2D eigenvalue weighted by Crippen LogP contribution is 2.30. The summed E-state index contributed by atoms with van der Waals surface area (Å²) < 4.78 is 6.50. The lowest BCUT2D eigenvalue weighted by molar-refractivity contribution is -0.384. The normalized spacial score (nSPS) is 10.7. The van der Waals surface area contributed by atoms with Gasteiger partial charge in [-0.05, 0) is 33.6 Å². The quantitative estimate of drug-likeness (QED) is 0.356. The lowest BCUT2D eigenvalue weighted by Gasteiger charge is -1.99. The zero-order chi connectivity index (χ0) is 16.2. The van der Waals surface area contributed by atoms with Crippen molar-refractivity contribution in [3.8, 4) is 11.5 Å². The number of hydrogen-bond donors (Lipinski definition) is 0. The van der Waals surface area contributed by atoms with Crippen LogP contribution in [-0.4, -0.2) is 15.1 Å². The molecule has 0 fully saturated rings. The predicted octanol–water partition coefficient (Wildman–Crippen LogP) is 4.70. The van der Waals surface area contributed by atoms with Crippen LogP contribution in [0.1, 0.15) is 5.56 Å². The summed E-state index contributed by atoms with van der Waals surface area (Å²) in [5.41, 5.74) is 1.72. The monoisotopic (exact) mass is 391 g/mol. The van der Waals surface area contributed by atoms with Crippen LogP contribution in [0.2, 0.25) is 0 Å². The zero-order valence-corrected chi connectivity index (χ0v) is 14.1. The molecule has 3 aromatic rings.